The third kappa shape index (κ3) is 7.65. The SMILES string of the molecule is CCc1ccc(OCC(=O)OCC(=O)Nc2ccc(SC(F)F)cc2)cc1. The third-order valence-electron chi connectivity index (χ3n) is 3.42. The highest BCUT2D eigenvalue weighted by atomic mass is 32.2. The standard InChI is InChI=1S/C19H19F2NO4S/c1-2-13-3-7-15(8-4-13)25-12-18(24)26-11-17(23)22-14-5-9-16(10-6-14)27-19(20)21/h3-10,19H,2,11-12H2,1H3,(H,22,23). The minimum atomic E-state index is -2.50. The molecule has 144 valence electrons. The lowest BCUT2D eigenvalue weighted by atomic mass is 10.2. The van der Waals surface area contributed by atoms with Crippen LogP contribution in [0.3, 0.4) is 0 Å². The monoisotopic (exact) mass is 395 g/mol. The van der Waals surface area contributed by atoms with Crippen LogP contribution in [-0.4, -0.2) is 30.8 Å². The van der Waals surface area contributed by atoms with E-state index in [-0.39, 0.29) is 6.61 Å². The first-order chi connectivity index (χ1) is 13.0. The summed E-state index contributed by atoms with van der Waals surface area (Å²) in [4.78, 5) is 23.8. The Balaban J connectivity index is 1.70. The van der Waals surface area contributed by atoms with Crippen molar-refractivity contribution in [2.75, 3.05) is 18.5 Å². The van der Waals surface area contributed by atoms with Gasteiger partial charge in [0.2, 0.25) is 0 Å². The molecule has 0 aromatic heterocycles. The minimum Gasteiger partial charge on any atom is -0.482 e. The Kier molecular flexibility index (Phi) is 8.06. The van der Waals surface area contributed by atoms with Crippen LogP contribution in [0.2, 0.25) is 0 Å². The summed E-state index contributed by atoms with van der Waals surface area (Å²) in [5.74, 6) is -3.18. The molecule has 0 saturated carbocycles. The summed E-state index contributed by atoms with van der Waals surface area (Å²) in [6.45, 7) is 1.26. The maximum atomic E-state index is 12.2. The van der Waals surface area contributed by atoms with Gasteiger partial charge in [-0.05, 0) is 48.4 Å². The second kappa shape index (κ2) is 10.5. The van der Waals surface area contributed by atoms with Crippen LogP contribution in [0.4, 0.5) is 14.5 Å². The van der Waals surface area contributed by atoms with Gasteiger partial charge >= 0.3 is 5.97 Å². The summed E-state index contributed by atoms with van der Waals surface area (Å²) in [5.41, 5.74) is 1.57. The molecule has 0 aliphatic carbocycles. The van der Waals surface area contributed by atoms with Gasteiger partial charge in [-0.1, -0.05) is 30.8 Å². The molecule has 0 spiro atoms. The molecule has 0 bridgehead atoms. The highest BCUT2D eigenvalue weighted by molar-refractivity contribution is 7.99. The quantitative estimate of drug-likeness (QED) is 0.511. The Hall–Kier alpha value is -2.61. The zero-order valence-corrected chi connectivity index (χ0v) is 15.4. The number of hydrogen-bond donors (Lipinski definition) is 1. The molecule has 1 amide bonds. The van der Waals surface area contributed by atoms with Gasteiger partial charge in [0.05, 0.1) is 0 Å². The first-order valence-electron chi connectivity index (χ1n) is 8.18. The highest BCUT2D eigenvalue weighted by Gasteiger charge is 2.10. The molecule has 2 rings (SSSR count). The van der Waals surface area contributed by atoms with E-state index in [0.29, 0.717) is 28.1 Å². The van der Waals surface area contributed by atoms with E-state index in [9.17, 15) is 18.4 Å². The van der Waals surface area contributed by atoms with Gasteiger partial charge in [-0.25, -0.2) is 4.79 Å². The maximum absolute atomic E-state index is 12.2. The lowest BCUT2D eigenvalue weighted by Crippen LogP contribution is -2.23. The molecule has 0 radical (unpaired) electrons. The lowest BCUT2D eigenvalue weighted by Gasteiger charge is -2.09. The van der Waals surface area contributed by atoms with Crippen molar-refractivity contribution in [3.8, 4) is 5.75 Å². The van der Waals surface area contributed by atoms with Crippen molar-refractivity contribution in [2.45, 2.75) is 24.0 Å². The van der Waals surface area contributed by atoms with E-state index in [4.69, 9.17) is 9.47 Å². The Morgan fingerprint density at radius 1 is 1.04 bits per heavy atom. The number of amides is 1. The van der Waals surface area contributed by atoms with Crippen LogP contribution < -0.4 is 10.1 Å². The van der Waals surface area contributed by atoms with Gasteiger partial charge in [0.1, 0.15) is 5.75 Å². The maximum Gasteiger partial charge on any atom is 0.344 e. The smallest absolute Gasteiger partial charge is 0.344 e. The number of thioether (sulfide) groups is 1. The van der Waals surface area contributed by atoms with Gasteiger partial charge in [0.25, 0.3) is 11.7 Å². The number of aryl methyl sites for hydroxylation is 1. The minimum absolute atomic E-state index is 0.307. The van der Waals surface area contributed by atoms with Crippen molar-refractivity contribution in [1.82, 2.24) is 0 Å². The molecule has 0 aliphatic rings. The van der Waals surface area contributed by atoms with E-state index in [0.717, 1.165) is 12.0 Å². The molecule has 0 heterocycles. The van der Waals surface area contributed by atoms with Crippen LogP contribution >= 0.6 is 11.8 Å². The van der Waals surface area contributed by atoms with Gasteiger partial charge in [-0.15, -0.1) is 0 Å². The molecule has 1 N–H and O–H groups in total. The summed E-state index contributed by atoms with van der Waals surface area (Å²) in [6.07, 6.45) is 0.908. The Morgan fingerprint density at radius 2 is 1.70 bits per heavy atom. The highest BCUT2D eigenvalue weighted by Crippen LogP contribution is 2.26. The van der Waals surface area contributed by atoms with Gasteiger partial charge in [-0.3, -0.25) is 4.79 Å². The molecule has 0 atom stereocenters. The number of anilines is 1. The number of rotatable bonds is 9. The number of alkyl halides is 2. The van der Waals surface area contributed by atoms with E-state index < -0.39 is 24.2 Å². The number of carbonyl (C=O) groups is 2. The Bertz CT molecular complexity index is 751. The molecule has 27 heavy (non-hydrogen) atoms. The number of hydrogen-bond acceptors (Lipinski definition) is 5. The molecule has 8 heteroatoms. The zero-order valence-electron chi connectivity index (χ0n) is 14.6. The number of esters is 1. The molecule has 2 aromatic rings. The Labute approximate surface area is 160 Å². The van der Waals surface area contributed by atoms with Gasteiger partial charge in [-0.2, -0.15) is 8.78 Å². The summed E-state index contributed by atoms with van der Waals surface area (Å²) in [5, 5.41) is 2.51. The average Bonchev–Trinajstić information content (AvgIpc) is 2.66. The second-order valence-electron chi connectivity index (χ2n) is 5.40. The molecular formula is C19H19F2NO4S. The van der Waals surface area contributed by atoms with Crippen LogP contribution in [-0.2, 0) is 20.7 Å². The van der Waals surface area contributed by atoms with E-state index in [1.165, 1.54) is 24.3 Å². The van der Waals surface area contributed by atoms with Crippen LogP contribution in [0.1, 0.15) is 12.5 Å². The molecule has 0 fully saturated rings. The number of halogens is 2. The molecule has 0 saturated heterocycles. The first kappa shape index (κ1) is 20.7. The van der Waals surface area contributed by atoms with Crippen molar-refractivity contribution in [1.29, 1.82) is 0 Å². The van der Waals surface area contributed by atoms with E-state index in [1.807, 2.05) is 19.1 Å². The summed E-state index contributed by atoms with van der Waals surface area (Å²) >= 11 is 0.416. The summed E-state index contributed by atoms with van der Waals surface area (Å²) in [6, 6.07) is 13.2. The van der Waals surface area contributed by atoms with Crippen molar-refractivity contribution in [2.24, 2.45) is 0 Å². The third-order valence-corrected chi connectivity index (χ3v) is 4.14. The second-order valence-corrected chi connectivity index (χ2v) is 6.46. The Morgan fingerprint density at radius 3 is 2.30 bits per heavy atom. The summed E-state index contributed by atoms with van der Waals surface area (Å²) in [7, 11) is 0. The van der Waals surface area contributed by atoms with Gasteiger partial charge in [0.15, 0.2) is 13.2 Å². The fourth-order valence-corrected chi connectivity index (χ4v) is 2.57. The lowest BCUT2D eigenvalue weighted by molar-refractivity contribution is -0.149. The largest absolute Gasteiger partial charge is 0.482 e. The number of nitrogens with one attached hydrogen (secondary N) is 1. The number of ether oxygens (including phenoxy) is 2. The van der Waals surface area contributed by atoms with Crippen molar-refractivity contribution < 1.29 is 27.8 Å². The van der Waals surface area contributed by atoms with E-state index in [2.05, 4.69) is 5.32 Å². The van der Waals surface area contributed by atoms with Crippen molar-refractivity contribution in [3.63, 3.8) is 0 Å². The predicted molar refractivity (Wildman–Crippen MR) is 99.2 cm³/mol. The molecule has 0 aliphatic heterocycles. The molecule has 2 aromatic carbocycles. The topological polar surface area (TPSA) is 64.6 Å². The van der Waals surface area contributed by atoms with Gasteiger partial charge in [0, 0.05) is 10.6 Å². The normalized spacial score (nSPS) is 10.5. The van der Waals surface area contributed by atoms with E-state index in [1.54, 1.807) is 12.1 Å². The molecule has 0 unspecified atom stereocenters. The number of benzene rings is 2. The van der Waals surface area contributed by atoms with Crippen LogP contribution in [0, 0.1) is 0 Å². The summed E-state index contributed by atoms with van der Waals surface area (Å²) < 4.78 is 34.6. The first-order valence-corrected chi connectivity index (χ1v) is 9.06. The van der Waals surface area contributed by atoms with Crippen molar-refractivity contribution in [3.05, 3.63) is 54.1 Å². The van der Waals surface area contributed by atoms with E-state index >= 15 is 0 Å². The zero-order chi connectivity index (χ0) is 19.6. The van der Waals surface area contributed by atoms with Crippen LogP contribution in [0.15, 0.2) is 53.4 Å². The fraction of sp³-hybridized carbons (Fsp3) is 0.263. The molecular weight excluding hydrogens is 376 g/mol. The fourth-order valence-electron chi connectivity index (χ4n) is 2.07. The van der Waals surface area contributed by atoms with Crippen LogP contribution in [0.5, 0.6) is 5.75 Å². The van der Waals surface area contributed by atoms with Crippen LogP contribution in [0.25, 0.3) is 0 Å². The average molecular weight is 395 g/mol. The molecule has 5 nitrogen and oxygen atoms in total. The van der Waals surface area contributed by atoms with Gasteiger partial charge < -0.3 is 14.8 Å². The predicted octanol–water partition coefficient (Wildman–Crippen LogP) is 4.12. The number of carbonyl (C=O) groups excluding carboxylic acids is 2. The van der Waals surface area contributed by atoms with Crippen molar-refractivity contribution >= 4 is 29.3 Å².